The van der Waals surface area contributed by atoms with Crippen molar-refractivity contribution in [2.24, 2.45) is 5.18 Å². The molecule has 6 nitrogen and oxygen atoms in total. The van der Waals surface area contributed by atoms with Gasteiger partial charge in [0, 0.05) is 25.9 Å². The van der Waals surface area contributed by atoms with Gasteiger partial charge in [0.1, 0.15) is 5.69 Å². The van der Waals surface area contributed by atoms with E-state index in [-0.39, 0.29) is 17.5 Å². The number of amides is 2. The molecule has 0 aromatic heterocycles. The second kappa shape index (κ2) is 6.71. The van der Waals surface area contributed by atoms with E-state index in [4.69, 9.17) is 0 Å². The van der Waals surface area contributed by atoms with Crippen LogP contribution in [0.15, 0.2) is 47.6 Å². The van der Waals surface area contributed by atoms with Crippen molar-refractivity contribution in [1.82, 2.24) is 0 Å². The Morgan fingerprint density at radius 3 is 2.35 bits per heavy atom. The molecule has 0 N–H and O–H groups in total. The van der Waals surface area contributed by atoms with E-state index in [1.807, 2.05) is 12.1 Å². The molecule has 26 heavy (non-hydrogen) atoms. The number of carbonyl (C=O) groups is 2. The smallest absolute Gasteiger partial charge is 0.233 e. The van der Waals surface area contributed by atoms with E-state index in [0.29, 0.717) is 31.5 Å². The average Bonchev–Trinajstić information content (AvgIpc) is 2.67. The molecular weight excluding hydrogens is 330 g/mol. The molecule has 4 rings (SSSR count). The summed E-state index contributed by atoms with van der Waals surface area (Å²) < 4.78 is 0. The summed E-state index contributed by atoms with van der Waals surface area (Å²) >= 11 is 0. The average molecular weight is 349 g/mol. The Labute approximate surface area is 151 Å². The number of fused-ring (bicyclic) bond motifs is 1. The summed E-state index contributed by atoms with van der Waals surface area (Å²) in [4.78, 5) is 39.0. The van der Waals surface area contributed by atoms with Crippen LogP contribution in [-0.4, -0.2) is 18.4 Å². The van der Waals surface area contributed by atoms with Crippen LogP contribution in [0.2, 0.25) is 0 Å². The first kappa shape index (κ1) is 16.4. The zero-order valence-electron chi connectivity index (χ0n) is 14.4. The standard InChI is InChI=1S/C20H19N3O3/c24-19-6-3-7-20(25)23(19)16-8-9-18(17(12-16)21-26)22-11-10-14-4-1-2-5-15(14)13-22/h1-2,4-5,8-9,12H,3,6-7,10-11,13H2. The molecule has 132 valence electrons. The molecule has 2 heterocycles. The SMILES string of the molecule is O=Nc1cc(N2C(=O)CCCC2=O)ccc1N1CCc2ccccc2C1. The highest BCUT2D eigenvalue weighted by Gasteiger charge is 2.28. The lowest BCUT2D eigenvalue weighted by Gasteiger charge is -2.32. The summed E-state index contributed by atoms with van der Waals surface area (Å²) in [6.07, 6.45) is 2.18. The number of nitroso groups, excluding NO2 is 1. The number of anilines is 2. The van der Waals surface area contributed by atoms with E-state index >= 15 is 0 Å². The van der Waals surface area contributed by atoms with Gasteiger partial charge in [-0.3, -0.25) is 14.5 Å². The van der Waals surface area contributed by atoms with Crippen LogP contribution in [0.1, 0.15) is 30.4 Å². The fourth-order valence-electron chi connectivity index (χ4n) is 3.73. The molecule has 2 aliphatic heterocycles. The number of piperidine rings is 1. The van der Waals surface area contributed by atoms with Crippen LogP contribution < -0.4 is 9.80 Å². The van der Waals surface area contributed by atoms with Crippen molar-refractivity contribution in [2.45, 2.75) is 32.2 Å². The lowest BCUT2D eigenvalue weighted by atomic mass is 9.99. The first-order chi connectivity index (χ1) is 12.7. The van der Waals surface area contributed by atoms with Crippen LogP contribution in [0.3, 0.4) is 0 Å². The minimum Gasteiger partial charge on any atom is -0.365 e. The minimum absolute atomic E-state index is 0.224. The summed E-state index contributed by atoms with van der Waals surface area (Å²) in [6.45, 7) is 1.50. The predicted octanol–water partition coefficient (Wildman–Crippen LogP) is 3.69. The maximum atomic E-state index is 12.1. The molecular formula is C20H19N3O3. The maximum absolute atomic E-state index is 12.1. The number of benzene rings is 2. The van der Waals surface area contributed by atoms with E-state index in [2.05, 4.69) is 22.2 Å². The van der Waals surface area contributed by atoms with Crippen molar-refractivity contribution in [3.05, 3.63) is 58.5 Å². The Hall–Kier alpha value is -3.02. The second-order valence-corrected chi connectivity index (χ2v) is 6.68. The van der Waals surface area contributed by atoms with Gasteiger partial charge >= 0.3 is 0 Å². The van der Waals surface area contributed by atoms with Crippen molar-refractivity contribution in [1.29, 1.82) is 0 Å². The number of imide groups is 1. The summed E-state index contributed by atoms with van der Waals surface area (Å²) in [7, 11) is 0. The third-order valence-corrected chi connectivity index (χ3v) is 5.07. The van der Waals surface area contributed by atoms with Crippen LogP contribution in [-0.2, 0) is 22.6 Å². The number of hydrogen-bond donors (Lipinski definition) is 0. The van der Waals surface area contributed by atoms with E-state index in [9.17, 15) is 14.5 Å². The molecule has 2 aromatic carbocycles. The summed E-state index contributed by atoms with van der Waals surface area (Å²) in [6, 6.07) is 13.3. The number of nitrogens with zero attached hydrogens (tertiary/aromatic N) is 3. The molecule has 1 saturated heterocycles. The van der Waals surface area contributed by atoms with Gasteiger partial charge in [-0.15, -0.1) is 4.91 Å². The lowest BCUT2D eigenvalue weighted by Crippen LogP contribution is -2.40. The van der Waals surface area contributed by atoms with Crippen LogP contribution in [0, 0.1) is 4.91 Å². The first-order valence-electron chi connectivity index (χ1n) is 8.82. The van der Waals surface area contributed by atoms with E-state index < -0.39 is 0 Å². The highest BCUT2D eigenvalue weighted by atomic mass is 16.3. The molecule has 2 aliphatic rings. The van der Waals surface area contributed by atoms with Gasteiger partial charge in [0.25, 0.3) is 0 Å². The van der Waals surface area contributed by atoms with Crippen molar-refractivity contribution in [2.75, 3.05) is 16.3 Å². The van der Waals surface area contributed by atoms with Crippen LogP contribution in [0.4, 0.5) is 17.1 Å². The maximum Gasteiger partial charge on any atom is 0.233 e. The summed E-state index contributed by atoms with van der Waals surface area (Å²) in [5, 5.41) is 3.17. The number of rotatable bonds is 3. The van der Waals surface area contributed by atoms with Crippen LogP contribution >= 0.6 is 0 Å². The predicted molar refractivity (Wildman–Crippen MR) is 99.4 cm³/mol. The molecule has 6 heteroatoms. The Bertz CT molecular complexity index is 878. The minimum atomic E-state index is -0.224. The van der Waals surface area contributed by atoms with E-state index in [0.717, 1.165) is 18.7 Å². The zero-order valence-corrected chi connectivity index (χ0v) is 14.4. The van der Waals surface area contributed by atoms with Crippen molar-refractivity contribution >= 4 is 28.9 Å². The van der Waals surface area contributed by atoms with Gasteiger partial charge < -0.3 is 4.90 Å². The molecule has 1 fully saturated rings. The molecule has 0 radical (unpaired) electrons. The van der Waals surface area contributed by atoms with Gasteiger partial charge in [-0.1, -0.05) is 24.3 Å². The highest BCUT2D eigenvalue weighted by molar-refractivity contribution is 6.16. The highest BCUT2D eigenvalue weighted by Crippen LogP contribution is 2.36. The number of hydrogen-bond acceptors (Lipinski definition) is 5. The third kappa shape index (κ3) is 2.87. The molecule has 2 aromatic rings. The van der Waals surface area contributed by atoms with Crippen molar-refractivity contribution < 1.29 is 9.59 Å². The quantitative estimate of drug-likeness (QED) is 0.626. The summed E-state index contributed by atoms with van der Waals surface area (Å²) in [5.74, 6) is -0.449. The Balaban J connectivity index is 1.65. The van der Waals surface area contributed by atoms with Crippen molar-refractivity contribution in [3.8, 4) is 0 Å². The van der Waals surface area contributed by atoms with Gasteiger partial charge in [-0.25, -0.2) is 0 Å². The van der Waals surface area contributed by atoms with Crippen LogP contribution in [0.25, 0.3) is 0 Å². The normalized spacial score (nSPS) is 17.2. The topological polar surface area (TPSA) is 70.0 Å². The Morgan fingerprint density at radius 1 is 0.885 bits per heavy atom. The zero-order chi connectivity index (χ0) is 18.1. The fraction of sp³-hybridized carbons (Fsp3) is 0.300. The van der Waals surface area contributed by atoms with Crippen molar-refractivity contribution in [3.63, 3.8) is 0 Å². The van der Waals surface area contributed by atoms with Gasteiger partial charge in [-0.2, -0.15) is 0 Å². The lowest BCUT2D eigenvalue weighted by molar-refractivity contribution is -0.129. The van der Waals surface area contributed by atoms with Gasteiger partial charge in [0.15, 0.2) is 0 Å². The molecule has 0 bridgehead atoms. The van der Waals surface area contributed by atoms with Gasteiger partial charge in [0.05, 0.1) is 11.4 Å². The molecule has 0 spiro atoms. The largest absolute Gasteiger partial charge is 0.365 e. The summed E-state index contributed by atoms with van der Waals surface area (Å²) in [5.41, 5.74) is 3.98. The van der Waals surface area contributed by atoms with E-state index in [1.165, 1.54) is 16.0 Å². The van der Waals surface area contributed by atoms with Gasteiger partial charge in [-0.05, 0) is 47.3 Å². The molecule has 0 saturated carbocycles. The van der Waals surface area contributed by atoms with Gasteiger partial charge in [0.2, 0.25) is 11.8 Å². The molecule has 0 aliphatic carbocycles. The van der Waals surface area contributed by atoms with Crippen LogP contribution in [0.5, 0.6) is 0 Å². The fourth-order valence-corrected chi connectivity index (χ4v) is 3.73. The second-order valence-electron chi connectivity index (χ2n) is 6.68. The number of carbonyl (C=O) groups excluding carboxylic acids is 2. The Kier molecular flexibility index (Phi) is 4.24. The Morgan fingerprint density at radius 2 is 1.62 bits per heavy atom. The molecule has 0 atom stereocenters. The third-order valence-electron chi connectivity index (χ3n) is 5.07. The molecule has 0 unspecified atom stereocenters. The monoisotopic (exact) mass is 349 g/mol. The molecule has 2 amide bonds. The van der Waals surface area contributed by atoms with E-state index in [1.54, 1.807) is 18.2 Å². The first-order valence-corrected chi connectivity index (χ1v) is 8.82.